The monoisotopic (exact) mass is 159 g/mol. The fourth-order valence-corrected chi connectivity index (χ4v) is 1.07. The molecule has 60 valence electrons. The van der Waals surface area contributed by atoms with Gasteiger partial charge in [-0.15, -0.1) is 0 Å². The molecule has 0 atom stereocenters. The van der Waals surface area contributed by atoms with Crippen LogP contribution in [0.3, 0.4) is 0 Å². The van der Waals surface area contributed by atoms with Gasteiger partial charge in [0.25, 0.3) is 0 Å². The van der Waals surface area contributed by atoms with Crippen LogP contribution in [0.4, 0.5) is 0 Å². The lowest BCUT2D eigenvalue weighted by Gasteiger charge is -1.99. The summed E-state index contributed by atoms with van der Waals surface area (Å²) in [4.78, 5) is 3.94. The van der Waals surface area contributed by atoms with E-state index in [2.05, 4.69) is 10.1 Å². The quantitative estimate of drug-likeness (QED) is 0.661. The Morgan fingerprint density at radius 1 is 1.17 bits per heavy atom. The summed E-state index contributed by atoms with van der Waals surface area (Å²) in [5.74, 6) is 0. The van der Waals surface area contributed by atoms with Crippen molar-refractivity contribution in [3.8, 4) is 0 Å². The Labute approximate surface area is 70.7 Å². The maximum absolute atomic E-state index is 4.11. The van der Waals surface area contributed by atoms with Crippen molar-refractivity contribution in [1.82, 2.24) is 14.8 Å². The Morgan fingerprint density at radius 3 is 2.67 bits per heavy atom. The zero-order valence-corrected chi connectivity index (χ0v) is 6.59. The third-order valence-corrected chi connectivity index (χ3v) is 1.65. The fourth-order valence-electron chi connectivity index (χ4n) is 1.07. The highest BCUT2D eigenvalue weighted by Gasteiger charge is 1.91. The Bertz CT molecular complexity index is 326. The van der Waals surface area contributed by atoms with Crippen molar-refractivity contribution in [3.63, 3.8) is 0 Å². The first kappa shape index (κ1) is 7.03. The molecule has 0 N–H and O–H groups in total. The largest absolute Gasteiger partial charge is 0.268 e. The summed E-state index contributed by atoms with van der Waals surface area (Å²) >= 11 is 0. The fraction of sp³-hybridized carbons (Fsp3) is 0.111. The summed E-state index contributed by atoms with van der Waals surface area (Å²) in [7, 11) is 0. The van der Waals surface area contributed by atoms with E-state index < -0.39 is 0 Å². The van der Waals surface area contributed by atoms with Crippen LogP contribution >= 0.6 is 0 Å². The molecule has 12 heavy (non-hydrogen) atoms. The Balaban J connectivity index is 2.15. The molecule has 0 bridgehead atoms. The van der Waals surface area contributed by atoms with Gasteiger partial charge in [0.1, 0.15) is 0 Å². The van der Waals surface area contributed by atoms with Crippen LogP contribution in [0.5, 0.6) is 0 Å². The zero-order valence-electron chi connectivity index (χ0n) is 6.59. The lowest BCUT2D eigenvalue weighted by atomic mass is 10.3. The van der Waals surface area contributed by atoms with Crippen molar-refractivity contribution in [2.24, 2.45) is 0 Å². The summed E-state index contributed by atoms with van der Waals surface area (Å²) in [6.07, 6.45) is 7.30. The first-order valence-corrected chi connectivity index (χ1v) is 3.81. The van der Waals surface area contributed by atoms with Crippen molar-refractivity contribution >= 4 is 0 Å². The van der Waals surface area contributed by atoms with E-state index >= 15 is 0 Å². The van der Waals surface area contributed by atoms with Gasteiger partial charge in [-0.05, 0) is 23.8 Å². The molecule has 3 nitrogen and oxygen atoms in total. The van der Waals surface area contributed by atoms with Crippen molar-refractivity contribution in [2.75, 3.05) is 0 Å². The topological polar surface area (TPSA) is 30.7 Å². The summed E-state index contributed by atoms with van der Waals surface area (Å²) in [5.41, 5.74) is 1.22. The van der Waals surface area contributed by atoms with Gasteiger partial charge in [0.05, 0.1) is 6.54 Å². The number of pyridine rings is 1. The number of aromatic nitrogens is 3. The third kappa shape index (κ3) is 1.50. The molecule has 2 heterocycles. The minimum Gasteiger partial charge on any atom is -0.268 e. The SMILES string of the molecule is c1cnn(Cc2ccncc2)c1. The lowest BCUT2D eigenvalue weighted by Crippen LogP contribution is -1.99. The van der Waals surface area contributed by atoms with Crippen molar-refractivity contribution < 1.29 is 0 Å². The van der Waals surface area contributed by atoms with E-state index in [-0.39, 0.29) is 0 Å². The minimum absolute atomic E-state index is 0.815. The van der Waals surface area contributed by atoms with Gasteiger partial charge in [0.15, 0.2) is 0 Å². The smallest absolute Gasteiger partial charge is 0.0660 e. The van der Waals surface area contributed by atoms with Gasteiger partial charge in [-0.1, -0.05) is 0 Å². The molecule has 2 rings (SSSR count). The molecule has 3 heteroatoms. The zero-order chi connectivity index (χ0) is 8.23. The predicted molar refractivity (Wildman–Crippen MR) is 45.6 cm³/mol. The predicted octanol–water partition coefficient (Wildman–Crippen LogP) is 1.33. The van der Waals surface area contributed by atoms with Crippen LogP contribution in [0.1, 0.15) is 5.56 Å². The number of rotatable bonds is 2. The molecule has 0 aliphatic heterocycles. The average Bonchev–Trinajstić information content (AvgIpc) is 2.59. The normalized spacial score (nSPS) is 10.0. The molecular weight excluding hydrogens is 150 g/mol. The number of nitrogens with zero attached hydrogens (tertiary/aromatic N) is 3. The highest BCUT2D eigenvalue weighted by Crippen LogP contribution is 1.98. The third-order valence-electron chi connectivity index (χ3n) is 1.65. The molecule has 0 amide bonds. The van der Waals surface area contributed by atoms with Crippen LogP contribution in [0, 0.1) is 0 Å². The van der Waals surface area contributed by atoms with Gasteiger partial charge < -0.3 is 0 Å². The molecule has 0 aromatic carbocycles. The van der Waals surface area contributed by atoms with Crippen LogP contribution < -0.4 is 0 Å². The van der Waals surface area contributed by atoms with Crippen LogP contribution in [0.2, 0.25) is 0 Å². The molecule has 0 saturated heterocycles. The van der Waals surface area contributed by atoms with E-state index in [0.717, 1.165) is 6.54 Å². The molecule has 0 spiro atoms. The summed E-state index contributed by atoms with van der Waals surface area (Å²) < 4.78 is 1.88. The van der Waals surface area contributed by atoms with Gasteiger partial charge in [-0.2, -0.15) is 5.10 Å². The summed E-state index contributed by atoms with van der Waals surface area (Å²) in [5, 5.41) is 4.11. The van der Waals surface area contributed by atoms with E-state index in [1.54, 1.807) is 18.6 Å². The standard InChI is InChI=1S/C9H9N3/c1-4-11-12(7-1)8-9-2-5-10-6-3-9/h1-7H,8H2. The summed E-state index contributed by atoms with van der Waals surface area (Å²) in [6.45, 7) is 0.815. The van der Waals surface area contributed by atoms with E-state index in [1.165, 1.54) is 5.56 Å². The second-order valence-corrected chi connectivity index (χ2v) is 2.56. The Kier molecular flexibility index (Phi) is 1.86. The molecule has 0 saturated carbocycles. The van der Waals surface area contributed by atoms with E-state index in [0.29, 0.717) is 0 Å². The van der Waals surface area contributed by atoms with Crippen LogP contribution in [0.15, 0.2) is 43.0 Å². The average molecular weight is 159 g/mol. The second-order valence-electron chi connectivity index (χ2n) is 2.56. The lowest BCUT2D eigenvalue weighted by molar-refractivity contribution is 0.686. The molecule has 2 aromatic heterocycles. The van der Waals surface area contributed by atoms with Crippen LogP contribution in [-0.2, 0) is 6.54 Å². The van der Waals surface area contributed by atoms with Crippen molar-refractivity contribution in [3.05, 3.63) is 48.5 Å². The second kappa shape index (κ2) is 3.17. The van der Waals surface area contributed by atoms with Crippen molar-refractivity contribution in [2.45, 2.75) is 6.54 Å². The molecule has 0 unspecified atom stereocenters. The first-order chi connectivity index (χ1) is 5.95. The molecule has 2 aromatic rings. The molecule has 0 aliphatic carbocycles. The highest BCUT2D eigenvalue weighted by atomic mass is 15.3. The number of hydrogen-bond acceptors (Lipinski definition) is 2. The van der Waals surface area contributed by atoms with Gasteiger partial charge in [-0.25, -0.2) is 0 Å². The van der Waals surface area contributed by atoms with E-state index in [4.69, 9.17) is 0 Å². The molecular formula is C9H9N3. The van der Waals surface area contributed by atoms with E-state index in [1.807, 2.05) is 29.1 Å². The first-order valence-electron chi connectivity index (χ1n) is 3.81. The van der Waals surface area contributed by atoms with Gasteiger partial charge in [0, 0.05) is 24.8 Å². The van der Waals surface area contributed by atoms with E-state index in [9.17, 15) is 0 Å². The van der Waals surface area contributed by atoms with Crippen LogP contribution in [0.25, 0.3) is 0 Å². The molecule has 0 aliphatic rings. The van der Waals surface area contributed by atoms with Crippen molar-refractivity contribution in [1.29, 1.82) is 0 Å². The maximum atomic E-state index is 4.11. The van der Waals surface area contributed by atoms with Crippen LogP contribution in [-0.4, -0.2) is 14.8 Å². The highest BCUT2D eigenvalue weighted by molar-refractivity contribution is 5.09. The number of hydrogen-bond donors (Lipinski definition) is 0. The van der Waals surface area contributed by atoms with Gasteiger partial charge in [-0.3, -0.25) is 9.67 Å². The Hall–Kier alpha value is -1.64. The Morgan fingerprint density at radius 2 is 2.00 bits per heavy atom. The molecule has 0 fully saturated rings. The minimum atomic E-state index is 0.815. The maximum Gasteiger partial charge on any atom is 0.0660 e. The summed E-state index contributed by atoms with van der Waals surface area (Å²) in [6, 6.07) is 5.89. The molecule has 0 radical (unpaired) electrons. The van der Waals surface area contributed by atoms with Gasteiger partial charge in [0.2, 0.25) is 0 Å². The van der Waals surface area contributed by atoms with Gasteiger partial charge >= 0.3 is 0 Å².